The lowest BCUT2D eigenvalue weighted by Gasteiger charge is -2.04. The monoisotopic (exact) mass is 186 g/mol. The molecule has 0 aliphatic rings. The molecule has 0 atom stereocenters. The summed E-state index contributed by atoms with van der Waals surface area (Å²) < 4.78 is 10.6. The van der Waals surface area contributed by atoms with Crippen LogP contribution in [0.25, 0.3) is 6.08 Å². The quantitative estimate of drug-likeness (QED) is 0.728. The molecule has 70 valence electrons. The fourth-order valence-electron chi connectivity index (χ4n) is 1.17. The van der Waals surface area contributed by atoms with E-state index in [0.29, 0.717) is 5.95 Å². The lowest BCUT2D eigenvalue weighted by atomic mass is 10.2. The summed E-state index contributed by atoms with van der Waals surface area (Å²) in [6.07, 6.45) is 3.32. The van der Waals surface area contributed by atoms with Gasteiger partial charge >= 0.3 is 0 Å². The third-order valence-corrected chi connectivity index (χ3v) is 1.84. The predicted molar refractivity (Wildman–Crippen MR) is 55.3 cm³/mol. The standard InChI is InChI=1S/C12H10O2/c1-2-10-6-3-4-7-11(10)14-12-8-5-9-13-12/h2-9H,1H2. The summed E-state index contributed by atoms with van der Waals surface area (Å²) in [5.74, 6) is 1.23. The first-order valence-corrected chi connectivity index (χ1v) is 4.33. The van der Waals surface area contributed by atoms with Crippen LogP contribution in [0.15, 0.2) is 53.7 Å². The van der Waals surface area contributed by atoms with E-state index in [0.717, 1.165) is 11.3 Å². The predicted octanol–water partition coefficient (Wildman–Crippen LogP) is 3.71. The first-order valence-electron chi connectivity index (χ1n) is 4.33. The third-order valence-electron chi connectivity index (χ3n) is 1.84. The number of benzene rings is 1. The van der Waals surface area contributed by atoms with Gasteiger partial charge in [0.2, 0.25) is 0 Å². The highest BCUT2D eigenvalue weighted by molar-refractivity contribution is 5.55. The zero-order chi connectivity index (χ0) is 9.80. The van der Waals surface area contributed by atoms with Crippen molar-refractivity contribution in [3.8, 4) is 11.7 Å². The van der Waals surface area contributed by atoms with Crippen molar-refractivity contribution in [3.05, 3.63) is 54.8 Å². The molecule has 1 heterocycles. The highest BCUT2D eigenvalue weighted by atomic mass is 16.6. The minimum atomic E-state index is 0.485. The molecule has 0 amide bonds. The molecule has 2 heteroatoms. The molecule has 2 nitrogen and oxygen atoms in total. The van der Waals surface area contributed by atoms with E-state index in [4.69, 9.17) is 9.15 Å². The number of hydrogen-bond donors (Lipinski definition) is 0. The van der Waals surface area contributed by atoms with Gasteiger partial charge < -0.3 is 9.15 Å². The highest BCUT2D eigenvalue weighted by Crippen LogP contribution is 2.25. The van der Waals surface area contributed by atoms with Gasteiger partial charge in [-0.3, -0.25) is 0 Å². The smallest absolute Gasteiger partial charge is 0.289 e. The van der Waals surface area contributed by atoms with Crippen LogP contribution in [0.5, 0.6) is 11.7 Å². The van der Waals surface area contributed by atoms with Gasteiger partial charge in [0.15, 0.2) is 0 Å². The van der Waals surface area contributed by atoms with Gasteiger partial charge in [-0.05, 0) is 12.1 Å². The van der Waals surface area contributed by atoms with Crippen molar-refractivity contribution in [1.82, 2.24) is 0 Å². The Labute approximate surface area is 82.4 Å². The molecule has 1 aromatic carbocycles. The van der Waals surface area contributed by atoms with Gasteiger partial charge in [-0.25, -0.2) is 0 Å². The van der Waals surface area contributed by atoms with Crippen LogP contribution in [0.4, 0.5) is 0 Å². The molecule has 2 rings (SSSR count). The topological polar surface area (TPSA) is 22.4 Å². The molecule has 2 aromatic rings. The van der Waals surface area contributed by atoms with Crippen LogP contribution in [0.3, 0.4) is 0 Å². The van der Waals surface area contributed by atoms with Gasteiger partial charge in [0.25, 0.3) is 5.95 Å². The van der Waals surface area contributed by atoms with E-state index in [2.05, 4.69) is 6.58 Å². The molecule has 0 spiro atoms. The molecule has 0 saturated carbocycles. The van der Waals surface area contributed by atoms with E-state index in [-0.39, 0.29) is 0 Å². The normalized spacial score (nSPS) is 9.71. The number of rotatable bonds is 3. The van der Waals surface area contributed by atoms with Crippen LogP contribution < -0.4 is 4.74 Å². The molecule has 0 aliphatic carbocycles. The first kappa shape index (κ1) is 8.63. The number of furan rings is 1. The van der Waals surface area contributed by atoms with Gasteiger partial charge in [-0.1, -0.05) is 30.9 Å². The van der Waals surface area contributed by atoms with E-state index in [1.54, 1.807) is 24.5 Å². The maximum atomic E-state index is 5.50. The van der Waals surface area contributed by atoms with Crippen LogP contribution in [0.1, 0.15) is 5.56 Å². The molecule has 0 N–H and O–H groups in total. The minimum absolute atomic E-state index is 0.485. The Morgan fingerprint density at radius 2 is 2.00 bits per heavy atom. The van der Waals surface area contributed by atoms with Crippen molar-refractivity contribution in [2.75, 3.05) is 0 Å². The van der Waals surface area contributed by atoms with Gasteiger partial charge in [0.05, 0.1) is 6.26 Å². The van der Waals surface area contributed by atoms with Crippen molar-refractivity contribution in [2.24, 2.45) is 0 Å². The minimum Gasteiger partial charge on any atom is -0.434 e. The van der Waals surface area contributed by atoms with E-state index >= 15 is 0 Å². The Bertz CT molecular complexity index is 416. The lowest BCUT2D eigenvalue weighted by Crippen LogP contribution is -1.84. The summed E-state index contributed by atoms with van der Waals surface area (Å²) in [5.41, 5.74) is 0.948. The Morgan fingerprint density at radius 3 is 2.71 bits per heavy atom. The number of ether oxygens (including phenoxy) is 1. The maximum Gasteiger partial charge on any atom is 0.289 e. The molecule has 0 unspecified atom stereocenters. The van der Waals surface area contributed by atoms with Gasteiger partial charge in [0, 0.05) is 11.6 Å². The van der Waals surface area contributed by atoms with Crippen LogP contribution in [-0.4, -0.2) is 0 Å². The molecule has 0 fully saturated rings. The second-order valence-electron chi connectivity index (χ2n) is 2.78. The van der Waals surface area contributed by atoms with Gasteiger partial charge in [0.1, 0.15) is 5.75 Å². The average molecular weight is 186 g/mol. The fraction of sp³-hybridized carbons (Fsp3) is 0. The number of para-hydroxylation sites is 1. The second kappa shape index (κ2) is 3.83. The van der Waals surface area contributed by atoms with Crippen molar-refractivity contribution in [3.63, 3.8) is 0 Å². The van der Waals surface area contributed by atoms with Crippen LogP contribution in [0.2, 0.25) is 0 Å². The molecule has 0 radical (unpaired) electrons. The Morgan fingerprint density at radius 1 is 1.14 bits per heavy atom. The van der Waals surface area contributed by atoms with Crippen molar-refractivity contribution >= 4 is 6.08 Å². The molecular formula is C12H10O2. The van der Waals surface area contributed by atoms with Crippen LogP contribution >= 0.6 is 0 Å². The Balaban J connectivity index is 2.28. The summed E-state index contributed by atoms with van der Waals surface area (Å²) in [5, 5.41) is 0. The van der Waals surface area contributed by atoms with Crippen LogP contribution in [-0.2, 0) is 0 Å². The molecular weight excluding hydrogens is 176 g/mol. The largest absolute Gasteiger partial charge is 0.434 e. The number of hydrogen-bond acceptors (Lipinski definition) is 2. The van der Waals surface area contributed by atoms with Crippen LogP contribution in [0, 0.1) is 0 Å². The summed E-state index contributed by atoms with van der Waals surface area (Å²) in [4.78, 5) is 0. The SMILES string of the molecule is C=Cc1ccccc1Oc1ccco1. The lowest BCUT2D eigenvalue weighted by molar-refractivity contribution is 0.346. The van der Waals surface area contributed by atoms with Crippen molar-refractivity contribution < 1.29 is 9.15 Å². The molecule has 0 aliphatic heterocycles. The van der Waals surface area contributed by atoms with E-state index < -0.39 is 0 Å². The van der Waals surface area contributed by atoms with Gasteiger partial charge in [-0.15, -0.1) is 0 Å². The summed E-state index contributed by atoms with van der Waals surface area (Å²) in [6.45, 7) is 3.71. The Kier molecular flexibility index (Phi) is 2.36. The maximum absolute atomic E-state index is 5.50. The molecule has 1 aromatic heterocycles. The first-order chi connectivity index (χ1) is 6.90. The Hall–Kier alpha value is -1.96. The van der Waals surface area contributed by atoms with E-state index in [1.807, 2.05) is 24.3 Å². The molecule has 14 heavy (non-hydrogen) atoms. The molecule has 0 bridgehead atoms. The van der Waals surface area contributed by atoms with Crippen molar-refractivity contribution in [2.45, 2.75) is 0 Å². The zero-order valence-electron chi connectivity index (χ0n) is 7.64. The molecule has 0 saturated heterocycles. The van der Waals surface area contributed by atoms with E-state index in [9.17, 15) is 0 Å². The third kappa shape index (κ3) is 1.69. The average Bonchev–Trinajstić information content (AvgIpc) is 2.71. The summed E-state index contributed by atoms with van der Waals surface area (Å²) in [7, 11) is 0. The zero-order valence-corrected chi connectivity index (χ0v) is 7.64. The second-order valence-corrected chi connectivity index (χ2v) is 2.78. The fourth-order valence-corrected chi connectivity index (χ4v) is 1.17. The van der Waals surface area contributed by atoms with Gasteiger partial charge in [-0.2, -0.15) is 0 Å². The summed E-state index contributed by atoms with van der Waals surface area (Å²) >= 11 is 0. The highest BCUT2D eigenvalue weighted by Gasteiger charge is 2.02. The summed E-state index contributed by atoms with van der Waals surface area (Å²) in [6, 6.07) is 11.2. The van der Waals surface area contributed by atoms with E-state index in [1.165, 1.54) is 0 Å². The van der Waals surface area contributed by atoms with Crippen molar-refractivity contribution in [1.29, 1.82) is 0 Å².